The number of benzene rings is 1. The summed E-state index contributed by atoms with van der Waals surface area (Å²) in [5.74, 6) is 0. The summed E-state index contributed by atoms with van der Waals surface area (Å²) in [5.41, 5.74) is 4.75. The molecule has 1 fully saturated rings. The first-order valence-corrected chi connectivity index (χ1v) is 11.0. The Kier molecular flexibility index (Phi) is 5.72. The van der Waals surface area contributed by atoms with Gasteiger partial charge in [-0.1, -0.05) is 26.0 Å². The van der Waals surface area contributed by atoms with Crippen LogP contribution < -0.4 is 4.90 Å². The number of pyridine rings is 1. The minimum absolute atomic E-state index is 0.102. The summed E-state index contributed by atoms with van der Waals surface area (Å²) in [5, 5.41) is 8.96. The molecule has 0 radical (unpaired) electrons. The number of rotatable bonds is 3. The molecule has 162 valence electrons. The van der Waals surface area contributed by atoms with Crippen molar-refractivity contribution >= 4 is 11.7 Å². The summed E-state index contributed by atoms with van der Waals surface area (Å²) >= 11 is 0. The van der Waals surface area contributed by atoms with Crippen LogP contribution in [-0.4, -0.2) is 53.5 Å². The summed E-state index contributed by atoms with van der Waals surface area (Å²) < 4.78 is 0. The highest BCUT2D eigenvalue weighted by atomic mass is 16.2. The number of fused-ring (bicyclic) bond motifs is 1. The summed E-state index contributed by atoms with van der Waals surface area (Å²) in [4.78, 5) is 24.4. The average Bonchev–Trinajstić information content (AvgIpc) is 3.04. The fourth-order valence-corrected chi connectivity index (χ4v) is 4.76. The van der Waals surface area contributed by atoms with Gasteiger partial charge >= 0.3 is 6.03 Å². The summed E-state index contributed by atoms with van der Waals surface area (Å²) in [6.45, 7) is 9.39. The van der Waals surface area contributed by atoms with Gasteiger partial charge in [-0.2, -0.15) is 5.26 Å². The van der Waals surface area contributed by atoms with Crippen LogP contribution in [0.5, 0.6) is 0 Å². The van der Waals surface area contributed by atoms with E-state index in [0.717, 1.165) is 49.6 Å². The molecule has 6 nitrogen and oxygen atoms in total. The SMILES string of the molecule is Cc1ccc2c(n1)C(C)(C)CN2C(=O)N1CCC(N(C)Cc2ccc(C#N)cc2)CC1. The van der Waals surface area contributed by atoms with Crippen LogP contribution >= 0.6 is 0 Å². The van der Waals surface area contributed by atoms with E-state index < -0.39 is 0 Å². The van der Waals surface area contributed by atoms with Crippen molar-refractivity contribution in [2.45, 2.75) is 51.6 Å². The van der Waals surface area contributed by atoms with E-state index in [0.29, 0.717) is 18.2 Å². The third-order valence-electron chi connectivity index (χ3n) is 6.60. The van der Waals surface area contributed by atoms with Gasteiger partial charge in [0.05, 0.1) is 23.0 Å². The minimum Gasteiger partial charge on any atom is -0.324 e. The van der Waals surface area contributed by atoms with Gasteiger partial charge in [-0.3, -0.25) is 14.8 Å². The Morgan fingerprint density at radius 1 is 1.19 bits per heavy atom. The first-order valence-electron chi connectivity index (χ1n) is 11.0. The van der Waals surface area contributed by atoms with Crippen molar-refractivity contribution in [3.63, 3.8) is 0 Å². The van der Waals surface area contributed by atoms with Crippen LogP contribution in [0, 0.1) is 18.3 Å². The quantitative estimate of drug-likeness (QED) is 0.755. The molecule has 1 aromatic heterocycles. The maximum absolute atomic E-state index is 13.3. The van der Waals surface area contributed by atoms with Gasteiger partial charge in [0.2, 0.25) is 0 Å². The second kappa shape index (κ2) is 8.32. The molecule has 2 aromatic rings. The van der Waals surface area contributed by atoms with Gasteiger partial charge in [-0.25, -0.2) is 4.79 Å². The van der Waals surface area contributed by atoms with E-state index in [1.807, 2.05) is 53.1 Å². The topological polar surface area (TPSA) is 63.5 Å². The van der Waals surface area contributed by atoms with Crippen LogP contribution in [0.4, 0.5) is 10.5 Å². The lowest BCUT2D eigenvalue weighted by atomic mass is 9.91. The third kappa shape index (κ3) is 4.28. The van der Waals surface area contributed by atoms with Gasteiger partial charge in [-0.15, -0.1) is 0 Å². The van der Waals surface area contributed by atoms with Crippen molar-refractivity contribution in [3.05, 3.63) is 58.9 Å². The summed E-state index contributed by atoms with van der Waals surface area (Å²) in [6, 6.07) is 14.5. The zero-order chi connectivity index (χ0) is 22.2. The molecule has 31 heavy (non-hydrogen) atoms. The normalized spacial score (nSPS) is 18.2. The van der Waals surface area contributed by atoms with Crippen LogP contribution in [0.1, 0.15) is 49.2 Å². The molecule has 0 N–H and O–H groups in total. The highest BCUT2D eigenvalue weighted by molar-refractivity contribution is 5.94. The van der Waals surface area contributed by atoms with Gasteiger partial charge < -0.3 is 4.90 Å². The van der Waals surface area contributed by atoms with E-state index in [2.05, 4.69) is 31.9 Å². The fraction of sp³-hybridized carbons (Fsp3) is 0.480. The molecule has 2 aliphatic heterocycles. The zero-order valence-corrected chi connectivity index (χ0v) is 18.9. The molecule has 0 atom stereocenters. The number of hydrogen-bond acceptors (Lipinski definition) is 4. The maximum Gasteiger partial charge on any atom is 0.324 e. The molecule has 3 heterocycles. The summed E-state index contributed by atoms with van der Waals surface area (Å²) in [7, 11) is 2.15. The first-order chi connectivity index (χ1) is 14.8. The summed E-state index contributed by atoms with van der Waals surface area (Å²) in [6.07, 6.45) is 1.93. The van der Waals surface area contributed by atoms with Crippen molar-refractivity contribution in [2.75, 3.05) is 31.6 Å². The molecule has 0 bridgehead atoms. The van der Waals surface area contributed by atoms with Crippen molar-refractivity contribution in [1.29, 1.82) is 5.26 Å². The van der Waals surface area contributed by atoms with E-state index in [9.17, 15) is 4.79 Å². The lowest BCUT2D eigenvalue weighted by Crippen LogP contribution is -2.50. The third-order valence-corrected chi connectivity index (χ3v) is 6.60. The number of amides is 2. The number of piperidine rings is 1. The number of urea groups is 1. The molecular weight excluding hydrogens is 386 g/mol. The van der Waals surface area contributed by atoms with E-state index in [1.54, 1.807) is 0 Å². The highest BCUT2D eigenvalue weighted by Gasteiger charge is 2.41. The lowest BCUT2D eigenvalue weighted by Gasteiger charge is -2.38. The monoisotopic (exact) mass is 417 g/mol. The molecule has 0 saturated carbocycles. The number of carbonyl (C=O) groups excluding carboxylic acids is 1. The second-order valence-corrected chi connectivity index (χ2v) is 9.52. The number of aromatic nitrogens is 1. The Labute approximate surface area is 185 Å². The van der Waals surface area contributed by atoms with Crippen LogP contribution in [0.25, 0.3) is 0 Å². The number of carbonyl (C=O) groups is 1. The van der Waals surface area contributed by atoms with E-state index >= 15 is 0 Å². The van der Waals surface area contributed by atoms with Gasteiger partial charge in [0.15, 0.2) is 0 Å². The number of likely N-dealkylation sites (tertiary alicyclic amines) is 1. The molecule has 1 aromatic carbocycles. The Bertz CT molecular complexity index is 1000. The molecule has 4 rings (SSSR count). The number of anilines is 1. The first kappa shape index (κ1) is 21.3. The van der Waals surface area contributed by atoms with Crippen LogP contribution in [0.3, 0.4) is 0 Å². The van der Waals surface area contributed by atoms with Gasteiger partial charge in [-0.05, 0) is 56.6 Å². The van der Waals surface area contributed by atoms with Crippen molar-refractivity contribution in [2.24, 2.45) is 0 Å². The molecular formula is C25H31N5O. The molecule has 0 aliphatic carbocycles. The number of hydrogen-bond donors (Lipinski definition) is 0. The molecule has 2 amide bonds. The average molecular weight is 418 g/mol. The Morgan fingerprint density at radius 2 is 1.87 bits per heavy atom. The van der Waals surface area contributed by atoms with Gasteiger partial charge in [0, 0.05) is 43.3 Å². The Morgan fingerprint density at radius 3 is 2.52 bits per heavy atom. The predicted octanol–water partition coefficient (Wildman–Crippen LogP) is 4.08. The van der Waals surface area contributed by atoms with Crippen molar-refractivity contribution in [1.82, 2.24) is 14.8 Å². The fourth-order valence-electron chi connectivity index (χ4n) is 4.76. The number of nitrogens with zero attached hydrogens (tertiary/aromatic N) is 5. The van der Waals surface area contributed by atoms with Gasteiger partial charge in [0.1, 0.15) is 0 Å². The van der Waals surface area contributed by atoms with E-state index in [1.165, 1.54) is 5.56 Å². The molecule has 0 spiro atoms. The lowest BCUT2D eigenvalue weighted by molar-refractivity contribution is 0.133. The predicted molar refractivity (Wildman–Crippen MR) is 122 cm³/mol. The second-order valence-electron chi connectivity index (χ2n) is 9.52. The zero-order valence-electron chi connectivity index (χ0n) is 18.9. The number of aryl methyl sites for hydroxylation is 1. The van der Waals surface area contributed by atoms with E-state index in [4.69, 9.17) is 10.2 Å². The molecule has 0 unspecified atom stereocenters. The minimum atomic E-state index is -0.128. The largest absolute Gasteiger partial charge is 0.324 e. The molecule has 1 saturated heterocycles. The standard InChI is InChI=1S/C25H31N5O/c1-18-5-10-22-23(27-18)25(2,3)17-30(22)24(31)29-13-11-21(12-14-29)28(4)16-20-8-6-19(15-26)7-9-20/h5-10,21H,11-14,16-17H2,1-4H3. The smallest absolute Gasteiger partial charge is 0.324 e. The van der Waals surface area contributed by atoms with Crippen LogP contribution in [0.15, 0.2) is 36.4 Å². The Hall–Kier alpha value is -2.91. The number of nitriles is 1. The highest BCUT2D eigenvalue weighted by Crippen LogP contribution is 2.39. The van der Waals surface area contributed by atoms with Gasteiger partial charge in [0.25, 0.3) is 0 Å². The molecule has 2 aliphatic rings. The van der Waals surface area contributed by atoms with E-state index in [-0.39, 0.29) is 11.4 Å². The molecule has 6 heteroatoms. The van der Waals surface area contributed by atoms with Crippen molar-refractivity contribution < 1.29 is 4.79 Å². The Balaban J connectivity index is 1.37. The van der Waals surface area contributed by atoms with Crippen molar-refractivity contribution in [3.8, 4) is 6.07 Å². The van der Waals surface area contributed by atoms with Crippen LogP contribution in [-0.2, 0) is 12.0 Å². The van der Waals surface area contributed by atoms with Crippen LogP contribution in [0.2, 0.25) is 0 Å². The maximum atomic E-state index is 13.3.